The predicted octanol–water partition coefficient (Wildman–Crippen LogP) is -1.93. The molecule has 2 atom stereocenters. The van der Waals surface area contributed by atoms with E-state index in [2.05, 4.69) is 9.47 Å². The van der Waals surface area contributed by atoms with Crippen LogP contribution >= 0.6 is 0 Å². The van der Waals surface area contributed by atoms with Gasteiger partial charge in [0, 0.05) is 5.92 Å². The summed E-state index contributed by atoms with van der Waals surface area (Å²) < 4.78 is 9.38. The van der Waals surface area contributed by atoms with E-state index in [1.54, 1.807) is 0 Å². The number of carbonyl (C=O) groups excluding carboxylic acids is 2. The summed E-state index contributed by atoms with van der Waals surface area (Å²) in [5.74, 6) is -10.4. The van der Waals surface area contributed by atoms with Gasteiger partial charge in [0.25, 0.3) is 0 Å². The first-order chi connectivity index (χ1) is 13.6. The number of rotatable bonds is 14. The maximum Gasteiger partial charge on any atom is 0.336 e. The molecule has 0 spiro atoms. The summed E-state index contributed by atoms with van der Waals surface area (Å²) in [5.41, 5.74) is -5.74. The molecule has 0 saturated heterocycles. The SMILES string of the molecule is CC(COC(=O)CC(O)(CC(=O)O)C(=O)O)COC(=O)CC(O)(CC(=O)O)C(=O)O. The number of carbonyl (C=O) groups is 6. The minimum atomic E-state index is -2.87. The van der Waals surface area contributed by atoms with Crippen LogP contribution in [0.25, 0.3) is 0 Å². The first-order valence-electron chi connectivity index (χ1n) is 8.27. The number of aliphatic carboxylic acids is 4. The standard InChI is InChI=1S/C16H22O14/c1-8(6-29-11(21)4-15(27,13(23)24)2-9(17)18)7-30-12(22)5-16(28,14(25)26)3-10(19)20/h8,27-28H,2-7H2,1H3,(H,17,18)(H,19,20)(H,23,24)(H,25,26). The van der Waals surface area contributed by atoms with Crippen molar-refractivity contribution in [3.8, 4) is 0 Å². The van der Waals surface area contributed by atoms with Crippen LogP contribution in [0, 0.1) is 5.92 Å². The third-order valence-electron chi connectivity index (χ3n) is 3.61. The molecule has 0 aromatic heterocycles. The van der Waals surface area contributed by atoms with Crippen molar-refractivity contribution >= 4 is 35.8 Å². The van der Waals surface area contributed by atoms with Crippen LogP contribution < -0.4 is 0 Å². The van der Waals surface area contributed by atoms with Gasteiger partial charge in [0.05, 0.1) is 38.9 Å². The summed E-state index contributed by atoms with van der Waals surface area (Å²) in [6.45, 7) is 0.530. The maximum absolute atomic E-state index is 11.7. The maximum atomic E-state index is 11.7. The quantitative estimate of drug-likeness (QED) is 0.162. The second kappa shape index (κ2) is 11.1. The Labute approximate surface area is 168 Å². The van der Waals surface area contributed by atoms with Crippen LogP contribution in [0.4, 0.5) is 0 Å². The Kier molecular flexibility index (Phi) is 9.86. The summed E-state index contributed by atoms with van der Waals surface area (Å²) in [6.07, 6.45) is -4.79. The minimum absolute atomic E-state index is 0.437. The zero-order valence-corrected chi connectivity index (χ0v) is 15.8. The third-order valence-corrected chi connectivity index (χ3v) is 3.61. The number of esters is 2. The van der Waals surface area contributed by atoms with Crippen molar-refractivity contribution < 1.29 is 68.9 Å². The number of hydrogen-bond donors (Lipinski definition) is 6. The molecule has 0 bridgehead atoms. The largest absolute Gasteiger partial charge is 0.481 e. The van der Waals surface area contributed by atoms with E-state index in [4.69, 9.17) is 20.4 Å². The van der Waals surface area contributed by atoms with Gasteiger partial charge in [0.1, 0.15) is 0 Å². The first kappa shape index (κ1) is 26.7. The Morgan fingerprint density at radius 3 is 1.20 bits per heavy atom. The smallest absolute Gasteiger partial charge is 0.336 e. The second-order valence-electron chi connectivity index (χ2n) is 6.64. The lowest BCUT2D eigenvalue weighted by Gasteiger charge is -2.21. The van der Waals surface area contributed by atoms with Gasteiger partial charge >= 0.3 is 35.8 Å². The van der Waals surface area contributed by atoms with Crippen LogP contribution in [0.3, 0.4) is 0 Å². The van der Waals surface area contributed by atoms with Crippen molar-refractivity contribution in [2.24, 2.45) is 5.92 Å². The highest BCUT2D eigenvalue weighted by Gasteiger charge is 2.42. The second-order valence-corrected chi connectivity index (χ2v) is 6.64. The number of carboxylic acid groups (broad SMARTS) is 4. The lowest BCUT2D eigenvalue weighted by Crippen LogP contribution is -2.43. The van der Waals surface area contributed by atoms with Crippen molar-refractivity contribution in [2.75, 3.05) is 13.2 Å². The summed E-state index contributed by atoms with van der Waals surface area (Å²) in [4.78, 5) is 66.4. The van der Waals surface area contributed by atoms with Gasteiger partial charge in [0.2, 0.25) is 0 Å². The fourth-order valence-corrected chi connectivity index (χ4v) is 2.03. The van der Waals surface area contributed by atoms with Crippen LogP contribution in [0.1, 0.15) is 32.6 Å². The molecule has 0 rings (SSSR count). The molecule has 0 aliphatic carbocycles. The van der Waals surface area contributed by atoms with E-state index in [1.807, 2.05) is 0 Å². The Hall–Kier alpha value is -3.26. The van der Waals surface area contributed by atoms with E-state index in [9.17, 15) is 39.0 Å². The van der Waals surface area contributed by atoms with Crippen molar-refractivity contribution in [1.82, 2.24) is 0 Å². The van der Waals surface area contributed by atoms with Gasteiger partial charge in [-0.25, -0.2) is 9.59 Å². The highest BCUT2D eigenvalue weighted by molar-refractivity contribution is 5.89. The van der Waals surface area contributed by atoms with Crippen molar-refractivity contribution in [1.29, 1.82) is 0 Å². The fourth-order valence-electron chi connectivity index (χ4n) is 2.03. The Morgan fingerprint density at radius 1 is 0.667 bits per heavy atom. The number of hydrogen-bond acceptors (Lipinski definition) is 10. The molecule has 0 heterocycles. The van der Waals surface area contributed by atoms with Gasteiger partial charge in [-0.05, 0) is 0 Å². The highest BCUT2D eigenvalue weighted by atomic mass is 16.5. The first-order valence-corrected chi connectivity index (χ1v) is 8.27. The summed E-state index contributed by atoms with van der Waals surface area (Å²) in [7, 11) is 0. The molecule has 0 fully saturated rings. The molecule has 0 saturated carbocycles. The lowest BCUT2D eigenvalue weighted by atomic mass is 9.96. The van der Waals surface area contributed by atoms with Crippen molar-refractivity contribution in [3.05, 3.63) is 0 Å². The van der Waals surface area contributed by atoms with Crippen LogP contribution in [0.2, 0.25) is 0 Å². The molecular weight excluding hydrogens is 416 g/mol. The Morgan fingerprint density at radius 2 is 0.967 bits per heavy atom. The molecule has 6 N–H and O–H groups in total. The Bertz CT molecular complexity index is 642. The lowest BCUT2D eigenvalue weighted by molar-refractivity contribution is -0.173. The molecule has 14 heteroatoms. The molecule has 0 aromatic rings. The molecule has 0 amide bonds. The Balaban J connectivity index is 4.59. The average molecular weight is 438 g/mol. The number of aliphatic hydroxyl groups is 2. The van der Waals surface area contributed by atoms with Gasteiger partial charge in [-0.3, -0.25) is 19.2 Å². The van der Waals surface area contributed by atoms with E-state index in [1.165, 1.54) is 6.92 Å². The summed E-state index contributed by atoms with van der Waals surface area (Å²) in [5, 5.41) is 54.4. The minimum Gasteiger partial charge on any atom is -0.481 e. The molecule has 170 valence electrons. The summed E-state index contributed by atoms with van der Waals surface area (Å²) >= 11 is 0. The molecule has 0 aliphatic rings. The van der Waals surface area contributed by atoms with Crippen LogP contribution in [-0.2, 0) is 38.2 Å². The van der Waals surface area contributed by atoms with Gasteiger partial charge in [0.15, 0.2) is 11.2 Å². The normalized spacial score (nSPS) is 15.7. The average Bonchev–Trinajstić information content (AvgIpc) is 2.56. The third kappa shape index (κ3) is 9.29. The van der Waals surface area contributed by atoms with Gasteiger partial charge in [-0.1, -0.05) is 6.92 Å². The van der Waals surface area contributed by atoms with Crippen LogP contribution in [-0.4, -0.2) is 90.9 Å². The van der Waals surface area contributed by atoms with Gasteiger partial charge < -0.3 is 40.1 Å². The van der Waals surface area contributed by atoms with Crippen LogP contribution in [0.5, 0.6) is 0 Å². The topological polar surface area (TPSA) is 242 Å². The molecular formula is C16H22O14. The molecule has 0 aliphatic heterocycles. The zero-order chi connectivity index (χ0) is 23.7. The van der Waals surface area contributed by atoms with E-state index < -0.39 is 91.8 Å². The predicted molar refractivity (Wildman–Crippen MR) is 90.0 cm³/mol. The monoisotopic (exact) mass is 438 g/mol. The molecule has 0 aromatic carbocycles. The fraction of sp³-hybridized carbons (Fsp3) is 0.625. The van der Waals surface area contributed by atoms with Crippen LogP contribution in [0.15, 0.2) is 0 Å². The van der Waals surface area contributed by atoms with Crippen molar-refractivity contribution in [2.45, 2.75) is 43.8 Å². The zero-order valence-electron chi connectivity index (χ0n) is 15.8. The van der Waals surface area contributed by atoms with E-state index in [0.717, 1.165) is 0 Å². The van der Waals surface area contributed by atoms with E-state index in [-0.39, 0.29) is 0 Å². The summed E-state index contributed by atoms with van der Waals surface area (Å²) in [6, 6.07) is 0. The highest BCUT2D eigenvalue weighted by Crippen LogP contribution is 2.18. The molecule has 2 unspecified atom stereocenters. The molecule has 14 nitrogen and oxygen atoms in total. The number of ether oxygens (including phenoxy) is 2. The van der Waals surface area contributed by atoms with E-state index >= 15 is 0 Å². The number of carboxylic acids is 4. The van der Waals surface area contributed by atoms with E-state index in [0.29, 0.717) is 0 Å². The molecule has 0 radical (unpaired) electrons. The van der Waals surface area contributed by atoms with Crippen molar-refractivity contribution in [3.63, 3.8) is 0 Å². The molecule has 30 heavy (non-hydrogen) atoms. The van der Waals surface area contributed by atoms with Gasteiger partial charge in [-0.15, -0.1) is 0 Å². The van der Waals surface area contributed by atoms with Gasteiger partial charge in [-0.2, -0.15) is 0 Å².